The molecular weight excluding hydrogens is 523 g/mol. The van der Waals surface area contributed by atoms with Gasteiger partial charge in [0.2, 0.25) is 5.91 Å². The Bertz CT molecular complexity index is 1200. The van der Waals surface area contributed by atoms with E-state index in [1.807, 2.05) is 6.07 Å². The maximum Gasteiger partial charge on any atom is 0.490 e. The number of nitrogen functional groups attached to an aromatic ring is 1. The quantitative estimate of drug-likeness (QED) is 0.190. The number of hydrogen-bond donors (Lipinski definition) is 5. The van der Waals surface area contributed by atoms with Gasteiger partial charge in [-0.3, -0.25) is 15.0 Å². The molecule has 0 radical (unpaired) electrons. The Balaban J connectivity index is 0.000000673. The molecule has 3 rings (SSSR count). The number of carbonyl (C=O) groups excluding carboxylic acids is 3. The number of ether oxygens (including phenoxy) is 1. The van der Waals surface area contributed by atoms with E-state index in [0.717, 1.165) is 5.56 Å². The Morgan fingerprint density at radius 1 is 1.18 bits per heavy atom. The van der Waals surface area contributed by atoms with Crippen LogP contribution in [-0.4, -0.2) is 60.2 Å². The van der Waals surface area contributed by atoms with Gasteiger partial charge in [-0.1, -0.05) is 12.1 Å². The number of nitrogens with two attached hydrogens (primary N) is 1. The number of amides is 3. The number of esters is 1. The normalized spacial score (nSPS) is 14.6. The number of carbonyl (C=O) groups is 4. The fraction of sp³-hybridized carbons (Fsp3) is 0.320. The van der Waals surface area contributed by atoms with Crippen LogP contribution in [0.4, 0.5) is 29.3 Å². The lowest BCUT2D eigenvalue weighted by Crippen LogP contribution is -2.43. The third-order valence-electron chi connectivity index (χ3n) is 5.35. The van der Waals surface area contributed by atoms with Crippen LogP contribution in [0.15, 0.2) is 48.5 Å². The number of anilines is 2. The van der Waals surface area contributed by atoms with Crippen LogP contribution < -0.4 is 21.3 Å². The molecule has 39 heavy (non-hydrogen) atoms. The first-order valence-electron chi connectivity index (χ1n) is 11.7. The number of alkyl halides is 3. The Kier molecular flexibility index (Phi) is 10.8. The van der Waals surface area contributed by atoms with E-state index in [9.17, 15) is 27.6 Å². The molecule has 0 aliphatic carbocycles. The second kappa shape index (κ2) is 13.8. The molecule has 2 aromatic carbocycles. The molecule has 1 aliphatic heterocycles. The number of aliphatic carboxylic acids is 1. The van der Waals surface area contributed by atoms with Crippen LogP contribution in [0.5, 0.6) is 0 Å². The lowest BCUT2D eigenvalue weighted by Gasteiger charge is -2.18. The second-order valence-electron chi connectivity index (χ2n) is 8.20. The van der Waals surface area contributed by atoms with Crippen LogP contribution in [0.25, 0.3) is 0 Å². The van der Waals surface area contributed by atoms with Crippen LogP contribution >= 0.6 is 0 Å². The van der Waals surface area contributed by atoms with Crippen molar-refractivity contribution in [3.05, 3.63) is 59.7 Å². The zero-order valence-electron chi connectivity index (χ0n) is 20.9. The van der Waals surface area contributed by atoms with Gasteiger partial charge in [0.05, 0.1) is 6.61 Å². The summed E-state index contributed by atoms with van der Waals surface area (Å²) in [5, 5.41) is 20.0. The Morgan fingerprint density at radius 3 is 2.38 bits per heavy atom. The Hall–Kier alpha value is -4.62. The number of carboxylic acid groups (broad SMARTS) is 1. The van der Waals surface area contributed by atoms with Crippen molar-refractivity contribution in [2.24, 2.45) is 5.73 Å². The van der Waals surface area contributed by atoms with Crippen molar-refractivity contribution in [2.75, 3.05) is 23.4 Å². The standard InChI is InChI=1S/C23H27N5O4.C2HF3O2/c1-2-32-20(29)11-6-15-4-3-5-17(14-15)26-23(31)27-19-12-13-28(22(19)30)18-9-7-16(8-10-18)21(24)25;3-2(4,5)1(6)7/h3-5,7-10,14,19H,2,6,11-13H2,1H3,(H3,24,25)(H2,26,27,31);(H,6,7)/t19-;/m0./s1. The van der Waals surface area contributed by atoms with Crippen LogP contribution in [0, 0.1) is 5.41 Å². The highest BCUT2D eigenvalue weighted by Gasteiger charge is 2.38. The molecule has 1 saturated heterocycles. The number of hydrogen-bond acceptors (Lipinski definition) is 6. The zero-order chi connectivity index (χ0) is 29.2. The summed E-state index contributed by atoms with van der Waals surface area (Å²) in [7, 11) is 0. The van der Waals surface area contributed by atoms with Crippen molar-refractivity contribution in [3.8, 4) is 0 Å². The highest BCUT2D eigenvalue weighted by Crippen LogP contribution is 2.22. The van der Waals surface area contributed by atoms with E-state index in [-0.39, 0.29) is 24.1 Å². The largest absolute Gasteiger partial charge is 0.490 e. The SMILES string of the molecule is CCOC(=O)CCc1cccc(NC(=O)N[C@H]2CCN(c3ccc(C(=N)N)cc3)C2=O)c1.O=C(O)C(F)(F)F. The smallest absolute Gasteiger partial charge is 0.475 e. The molecule has 0 aromatic heterocycles. The molecule has 1 aliphatic rings. The van der Waals surface area contributed by atoms with Crippen LogP contribution in [0.3, 0.4) is 0 Å². The summed E-state index contributed by atoms with van der Waals surface area (Å²) in [5.74, 6) is -3.25. The van der Waals surface area contributed by atoms with E-state index < -0.39 is 24.2 Å². The Morgan fingerprint density at radius 2 is 1.82 bits per heavy atom. The molecule has 14 heteroatoms. The number of aryl methyl sites for hydroxylation is 1. The van der Waals surface area contributed by atoms with Gasteiger partial charge in [-0.25, -0.2) is 9.59 Å². The fourth-order valence-electron chi connectivity index (χ4n) is 3.50. The third-order valence-corrected chi connectivity index (χ3v) is 5.35. The lowest BCUT2D eigenvalue weighted by atomic mass is 10.1. The molecule has 0 spiro atoms. The van der Waals surface area contributed by atoms with E-state index in [1.54, 1.807) is 54.3 Å². The van der Waals surface area contributed by atoms with Crippen molar-refractivity contribution in [1.82, 2.24) is 5.32 Å². The molecule has 1 atom stereocenters. The number of benzene rings is 2. The van der Waals surface area contributed by atoms with Crippen molar-refractivity contribution in [2.45, 2.75) is 38.4 Å². The average molecular weight is 552 g/mol. The van der Waals surface area contributed by atoms with Crippen molar-refractivity contribution < 1.29 is 42.2 Å². The number of urea groups is 1. The van der Waals surface area contributed by atoms with Gasteiger partial charge in [0.1, 0.15) is 11.9 Å². The molecule has 2 aromatic rings. The minimum Gasteiger partial charge on any atom is -0.475 e. The van der Waals surface area contributed by atoms with E-state index in [1.165, 1.54) is 0 Å². The predicted octanol–water partition coefficient (Wildman–Crippen LogP) is 3.03. The van der Waals surface area contributed by atoms with Crippen molar-refractivity contribution in [1.29, 1.82) is 5.41 Å². The summed E-state index contributed by atoms with van der Waals surface area (Å²) in [4.78, 5) is 47.2. The molecule has 1 heterocycles. The summed E-state index contributed by atoms with van der Waals surface area (Å²) in [6.07, 6.45) is -3.82. The number of carboxylic acids is 1. The highest BCUT2D eigenvalue weighted by atomic mass is 19.4. The number of rotatable bonds is 8. The minimum absolute atomic E-state index is 0.0366. The van der Waals surface area contributed by atoms with Crippen molar-refractivity contribution in [3.63, 3.8) is 0 Å². The van der Waals surface area contributed by atoms with Crippen LogP contribution in [0.2, 0.25) is 0 Å². The molecule has 1 fully saturated rings. The number of nitrogens with zero attached hydrogens (tertiary/aromatic N) is 1. The highest BCUT2D eigenvalue weighted by molar-refractivity contribution is 6.03. The zero-order valence-corrected chi connectivity index (χ0v) is 20.9. The maximum atomic E-state index is 12.7. The second-order valence-corrected chi connectivity index (χ2v) is 8.20. The first-order chi connectivity index (χ1) is 18.3. The summed E-state index contributed by atoms with van der Waals surface area (Å²) in [6, 6.07) is 12.9. The molecule has 11 nitrogen and oxygen atoms in total. The summed E-state index contributed by atoms with van der Waals surface area (Å²) in [6.45, 7) is 2.59. The minimum atomic E-state index is -5.08. The van der Waals surface area contributed by atoms with E-state index in [2.05, 4.69) is 10.6 Å². The maximum absolute atomic E-state index is 12.7. The average Bonchev–Trinajstić information content (AvgIpc) is 3.22. The van der Waals surface area contributed by atoms with Gasteiger partial charge >= 0.3 is 24.1 Å². The molecular formula is C25H28F3N5O6. The first-order valence-corrected chi connectivity index (χ1v) is 11.7. The first kappa shape index (κ1) is 30.6. The predicted molar refractivity (Wildman–Crippen MR) is 135 cm³/mol. The van der Waals surface area contributed by atoms with Gasteiger partial charge in [-0.2, -0.15) is 13.2 Å². The third kappa shape index (κ3) is 9.64. The Labute approximate surface area is 221 Å². The molecule has 3 amide bonds. The molecule has 0 saturated carbocycles. The van der Waals surface area contributed by atoms with Crippen LogP contribution in [-0.2, 0) is 25.5 Å². The van der Waals surface area contributed by atoms with Crippen molar-refractivity contribution >= 4 is 41.1 Å². The molecule has 0 bridgehead atoms. The van der Waals surface area contributed by atoms with E-state index in [4.69, 9.17) is 25.8 Å². The molecule has 6 N–H and O–H groups in total. The van der Waals surface area contributed by atoms with Gasteiger partial charge in [-0.15, -0.1) is 0 Å². The van der Waals surface area contributed by atoms with Gasteiger partial charge in [-0.05, 0) is 61.7 Å². The number of halogens is 3. The fourth-order valence-corrected chi connectivity index (χ4v) is 3.50. The topological polar surface area (TPSA) is 175 Å². The number of nitrogens with one attached hydrogen (secondary N) is 3. The monoisotopic (exact) mass is 551 g/mol. The van der Waals surface area contributed by atoms with Gasteiger partial charge in [0, 0.05) is 29.9 Å². The number of amidine groups is 1. The van der Waals surface area contributed by atoms with Crippen LogP contribution in [0.1, 0.15) is 30.9 Å². The van der Waals surface area contributed by atoms with E-state index >= 15 is 0 Å². The summed E-state index contributed by atoms with van der Waals surface area (Å²) >= 11 is 0. The van der Waals surface area contributed by atoms with Gasteiger partial charge in [0.25, 0.3) is 0 Å². The van der Waals surface area contributed by atoms with Gasteiger partial charge in [0.15, 0.2) is 0 Å². The summed E-state index contributed by atoms with van der Waals surface area (Å²) in [5.41, 5.74) is 8.21. The molecule has 210 valence electrons. The van der Waals surface area contributed by atoms with Gasteiger partial charge < -0.3 is 31.1 Å². The summed E-state index contributed by atoms with van der Waals surface area (Å²) < 4.78 is 36.7. The van der Waals surface area contributed by atoms with E-state index in [0.29, 0.717) is 42.9 Å². The molecule has 0 unspecified atom stereocenters. The lowest BCUT2D eigenvalue weighted by molar-refractivity contribution is -0.192.